The molecule has 0 aliphatic rings. The van der Waals surface area contributed by atoms with Gasteiger partial charge in [0.05, 0.1) is 15.6 Å². The van der Waals surface area contributed by atoms with Crippen LogP contribution in [0.2, 0.25) is 10.0 Å². The van der Waals surface area contributed by atoms with Crippen molar-refractivity contribution in [1.82, 2.24) is 0 Å². The minimum atomic E-state index is -4.07. The third kappa shape index (κ3) is 6.46. The molecule has 0 aliphatic carbocycles. The second kappa shape index (κ2) is 11.0. The van der Waals surface area contributed by atoms with E-state index in [9.17, 15) is 21.6 Å². The van der Waals surface area contributed by atoms with Crippen LogP contribution in [0, 0.1) is 6.92 Å². The fourth-order valence-corrected chi connectivity index (χ4v) is 6.17. The average Bonchev–Trinajstić information content (AvgIpc) is 2.87. The number of amides is 1. The van der Waals surface area contributed by atoms with E-state index in [4.69, 9.17) is 23.2 Å². The Kier molecular flexibility index (Phi) is 7.98. The SMILES string of the molecule is Cc1ccc(NS(=O)(=O)c2ccc(NC(=O)c3ccc(Cl)c(S(=O)(=O)Nc4ccccc4)c3)cc2)cc1Cl. The van der Waals surface area contributed by atoms with Gasteiger partial charge < -0.3 is 5.32 Å². The molecular formula is C26H21Cl2N3O5S2. The first-order valence-corrected chi connectivity index (χ1v) is 14.7. The molecule has 4 rings (SSSR count). The summed E-state index contributed by atoms with van der Waals surface area (Å²) in [6, 6.07) is 22.4. The Morgan fingerprint density at radius 1 is 0.658 bits per heavy atom. The lowest BCUT2D eigenvalue weighted by Gasteiger charge is -2.12. The van der Waals surface area contributed by atoms with Crippen molar-refractivity contribution in [2.24, 2.45) is 0 Å². The van der Waals surface area contributed by atoms with E-state index >= 15 is 0 Å². The van der Waals surface area contributed by atoms with Crippen molar-refractivity contribution < 1.29 is 21.6 Å². The highest BCUT2D eigenvalue weighted by atomic mass is 35.5. The number of nitrogens with one attached hydrogen (secondary N) is 3. The molecular weight excluding hydrogens is 569 g/mol. The predicted octanol–water partition coefficient (Wildman–Crippen LogP) is 6.16. The Hall–Kier alpha value is -3.57. The third-order valence-electron chi connectivity index (χ3n) is 5.36. The van der Waals surface area contributed by atoms with Gasteiger partial charge in [0, 0.05) is 22.0 Å². The van der Waals surface area contributed by atoms with Gasteiger partial charge in [0.15, 0.2) is 0 Å². The lowest BCUT2D eigenvalue weighted by molar-refractivity contribution is 0.102. The summed E-state index contributed by atoms with van der Waals surface area (Å²) in [6.45, 7) is 1.80. The lowest BCUT2D eigenvalue weighted by atomic mass is 10.2. The minimum absolute atomic E-state index is 0.0287. The summed E-state index contributed by atoms with van der Waals surface area (Å²) in [7, 11) is -7.97. The fraction of sp³-hybridized carbons (Fsp3) is 0.0385. The Bertz CT molecular complexity index is 1710. The van der Waals surface area contributed by atoms with Gasteiger partial charge in [-0.15, -0.1) is 0 Å². The van der Waals surface area contributed by atoms with Crippen LogP contribution in [0.25, 0.3) is 0 Å². The largest absolute Gasteiger partial charge is 0.322 e. The monoisotopic (exact) mass is 589 g/mol. The number of sulfonamides is 2. The average molecular weight is 591 g/mol. The molecule has 0 fully saturated rings. The van der Waals surface area contributed by atoms with Crippen LogP contribution in [-0.4, -0.2) is 22.7 Å². The van der Waals surface area contributed by atoms with Gasteiger partial charge in [-0.3, -0.25) is 14.2 Å². The quantitative estimate of drug-likeness (QED) is 0.227. The number of para-hydroxylation sites is 1. The number of carbonyl (C=O) groups is 1. The highest BCUT2D eigenvalue weighted by Gasteiger charge is 2.21. The zero-order chi connectivity index (χ0) is 27.5. The molecule has 0 unspecified atom stereocenters. The van der Waals surface area contributed by atoms with E-state index in [0.717, 1.165) is 5.56 Å². The van der Waals surface area contributed by atoms with Crippen molar-refractivity contribution >= 4 is 66.2 Å². The van der Waals surface area contributed by atoms with Crippen LogP contribution < -0.4 is 14.8 Å². The number of hydrogen-bond acceptors (Lipinski definition) is 5. The number of anilines is 3. The van der Waals surface area contributed by atoms with E-state index in [1.807, 2.05) is 0 Å². The van der Waals surface area contributed by atoms with Gasteiger partial charge in [0.2, 0.25) is 0 Å². The molecule has 1 amide bonds. The predicted molar refractivity (Wildman–Crippen MR) is 150 cm³/mol. The molecule has 0 bridgehead atoms. The molecule has 4 aromatic carbocycles. The summed E-state index contributed by atoms with van der Waals surface area (Å²) in [4.78, 5) is 12.5. The number of hydrogen-bond donors (Lipinski definition) is 3. The third-order valence-corrected chi connectivity index (χ3v) is 9.02. The summed E-state index contributed by atoms with van der Waals surface area (Å²) in [6.07, 6.45) is 0. The zero-order valence-corrected chi connectivity index (χ0v) is 22.9. The first kappa shape index (κ1) is 27.5. The van der Waals surface area contributed by atoms with Crippen LogP contribution >= 0.6 is 23.2 Å². The number of aryl methyl sites for hydroxylation is 1. The van der Waals surface area contributed by atoms with Gasteiger partial charge in [-0.25, -0.2) is 16.8 Å². The Morgan fingerprint density at radius 2 is 1.29 bits per heavy atom. The van der Waals surface area contributed by atoms with Gasteiger partial charge in [0.25, 0.3) is 26.0 Å². The molecule has 0 aromatic heterocycles. The molecule has 0 heterocycles. The van der Waals surface area contributed by atoms with Crippen molar-refractivity contribution in [2.75, 3.05) is 14.8 Å². The molecule has 0 atom stereocenters. The van der Waals surface area contributed by atoms with E-state index in [0.29, 0.717) is 22.1 Å². The molecule has 4 aromatic rings. The van der Waals surface area contributed by atoms with Crippen LogP contribution in [0.3, 0.4) is 0 Å². The van der Waals surface area contributed by atoms with Crippen LogP contribution in [0.15, 0.2) is 101 Å². The Balaban J connectivity index is 1.49. The van der Waals surface area contributed by atoms with E-state index < -0.39 is 26.0 Å². The molecule has 0 saturated carbocycles. The van der Waals surface area contributed by atoms with Crippen LogP contribution in [-0.2, 0) is 20.0 Å². The van der Waals surface area contributed by atoms with E-state index in [1.165, 1.54) is 48.5 Å². The first-order chi connectivity index (χ1) is 17.9. The van der Waals surface area contributed by atoms with Crippen LogP contribution in [0.4, 0.5) is 17.1 Å². The number of carbonyl (C=O) groups excluding carboxylic acids is 1. The van der Waals surface area contributed by atoms with Crippen molar-refractivity contribution in [3.05, 3.63) is 112 Å². The fourth-order valence-electron chi connectivity index (χ4n) is 3.36. The van der Waals surface area contributed by atoms with Gasteiger partial charge in [-0.1, -0.05) is 47.5 Å². The molecule has 0 aliphatic heterocycles. The highest BCUT2D eigenvalue weighted by Crippen LogP contribution is 2.26. The minimum Gasteiger partial charge on any atom is -0.322 e. The van der Waals surface area contributed by atoms with E-state index in [-0.39, 0.29) is 20.4 Å². The second-order valence-corrected chi connectivity index (χ2v) is 12.3. The van der Waals surface area contributed by atoms with Gasteiger partial charge in [-0.2, -0.15) is 0 Å². The number of halogens is 2. The lowest BCUT2D eigenvalue weighted by Crippen LogP contribution is -2.16. The number of benzene rings is 4. The molecule has 196 valence electrons. The van der Waals surface area contributed by atoms with Gasteiger partial charge in [0.1, 0.15) is 4.90 Å². The topological polar surface area (TPSA) is 121 Å². The second-order valence-electron chi connectivity index (χ2n) is 8.16. The Labute approximate surface area is 230 Å². The molecule has 0 radical (unpaired) electrons. The summed E-state index contributed by atoms with van der Waals surface area (Å²) < 4.78 is 56.0. The zero-order valence-electron chi connectivity index (χ0n) is 19.8. The number of rotatable bonds is 8. The maximum atomic E-state index is 12.9. The van der Waals surface area contributed by atoms with Crippen LogP contribution in [0.1, 0.15) is 15.9 Å². The van der Waals surface area contributed by atoms with Crippen molar-refractivity contribution in [2.45, 2.75) is 16.7 Å². The summed E-state index contributed by atoms with van der Waals surface area (Å²) in [5, 5.41) is 2.99. The molecule has 3 N–H and O–H groups in total. The summed E-state index contributed by atoms with van der Waals surface area (Å²) in [5.74, 6) is -0.610. The van der Waals surface area contributed by atoms with E-state index in [2.05, 4.69) is 14.8 Å². The van der Waals surface area contributed by atoms with Crippen LogP contribution in [0.5, 0.6) is 0 Å². The van der Waals surface area contributed by atoms with E-state index in [1.54, 1.807) is 49.4 Å². The van der Waals surface area contributed by atoms with Gasteiger partial charge in [-0.05, 0) is 79.2 Å². The smallest absolute Gasteiger partial charge is 0.263 e. The first-order valence-electron chi connectivity index (χ1n) is 11.0. The summed E-state index contributed by atoms with van der Waals surface area (Å²) in [5.41, 5.74) is 1.81. The molecule has 8 nitrogen and oxygen atoms in total. The van der Waals surface area contributed by atoms with Crippen molar-refractivity contribution in [1.29, 1.82) is 0 Å². The van der Waals surface area contributed by atoms with Crippen molar-refractivity contribution in [3.8, 4) is 0 Å². The normalized spacial score (nSPS) is 11.6. The standard InChI is InChI=1S/C26H21Cl2N3O5S2/c1-17-7-9-21(16-24(17)28)31-37(33,34)22-12-10-19(11-13-22)29-26(32)18-8-14-23(27)25(15-18)38(35,36)30-20-5-3-2-4-6-20/h2-16,30-31H,1H3,(H,29,32). The molecule has 12 heteroatoms. The molecule has 0 spiro atoms. The highest BCUT2D eigenvalue weighted by molar-refractivity contribution is 7.93. The summed E-state index contributed by atoms with van der Waals surface area (Å²) >= 11 is 12.2. The molecule has 38 heavy (non-hydrogen) atoms. The maximum Gasteiger partial charge on any atom is 0.263 e. The van der Waals surface area contributed by atoms with Gasteiger partial charge >= 0.3 is 0 Å². The van der Waals surface area contributed by atoms with Crippen molar-refractivity contribution in [3.63, 3.8) is 0 Å². The Morgan fingerprint density at radius 3 is 1.95 bits per heavy atom. The molecule has 0 saturated heterocycles. The maximum absolute atomic E-state index is 12.9.